The van der Waals surface area contributed by atoms with Crippen molar-refractivity contribution in [3.63, 3.8) is 0 Å². The maximum atomic E-state index is 4.17. The SMILES string of the molecule is c1cc2nc(c1)NC2. The summed E-state index contributed by atoms with van der Waals surface area (Å²) in [5.74, 6) is 1.00. The molecular weight excluding hydrogens is 100 g/mol. The van der Waals surface area contributed by atoms with Gasteiger partial charge in [-0.15, -0.1) is 0 Å². The third-order valence-corrected chi connectivity index (χ3v) is 1.26. The minimum absolute atomic E-state index is 0.905. The Hall–Kier alpha value is -1.05. The van der Waals surface area contributed by atoms with Gasteiger partial charge in [0.1, 0.15) is 5.82 Å². The number of anilines is 1. The maximum absolute atomic E-state index is 4.17. The van der Waals surface area contributed by atoms with Gasteiger partial charge in [0.2, 0.25) is 0 Å². The molecule has 1 aliphatic rings. The van der Waals surface area contributed by atoms with Gasteiger partial charge in [-0.05, 0) is 12.1 Å². The molecule has 40 valence electrons. The Morgan fingerprint density at radius 3 is 3.25 bits per heavy atom. The molecule has 2 bridgehead atoms. The number of rotatable bonds is 0. The highest BCUT2D eigenvalue weighted by Gasteiger charge is 2.03. The lowest BCUT2D eigenvalue weighted by atomic mass is 10.4. The van der Waals surface area contributed by atoms with E-state index in [1.807, 2.05) is 18.2 Å². The smallest absolute Gasteiger partial charge is 0.126 e. The van der Waals surface area contributed by atoms with E-state index in [1.54, 1.807) is 0 Å². The zero-order valence-corrected chi connectivity index (χ0v) is 4.39. The molecule has 1 aromatic heterocycles. The van der Waals surface area contributed by atoms with E-state index >= 15 is 0 Å². The maximum Gasteiger partial charge on any atom is 0.126 e. The van der Waals surface area contributed by atoms with Crippen LogP contribution in [-0.2, 0) is 6.54 Å². The molecule has 0 saturated carbocycles. The van der Waals surface area contributed by atoms with Crippen molar-refractivity contribution >= 4 is 5.82 Å². The van der Waals surface area contributed by atoms with Gasteiger partial charge in [0.25, 0.3) is 0 Å². The molecule has 0 radical (unpaired) electrons. The molecule has 0 unspecified atom stereocenters. The fraction of sp³-hybridized carbons (Fsp3) is 0.167. The van der Waals surface area contributed by atoms with Gasteiger partial charge in [-0.2, -0.15) is 0 Å². The molecule has 1 aromatic rings. The van der Waals surface area contributed by atoms with Crippen molar-refractivity contribution < 1.29 is 0 Å². The summed E-state index contributed by atoms with van der Waals surface area (Å²) in [4.78, 5) is 4.17. The summed E-state index contributed by atoms with van der Waals surface area (Å²) in [7, 11) is 0. The van der Waals surface area contributed by atoms with Gasteiger partial charge in [-0.1, -0.05) is 6.07 Å². The van der Waals surface area contributed by atoms with E-state index in [1.165, 1.54) is 0 Å². The molecule has 0 amide bonds. The highest BCUT2D eigenvalue weighted by Crippen LogP contribution is 2.11. The van der Waals surface area contributed by atoms with Crippen LogP contribution in [0.1, 0.15) is 5.69 Å². The van der Waals surface area contributed by atoms with Crippen LogP contribution in [0.15, 0.2) is 18.2 Å². The van der Waals surface area contributed by atoms with E-state index in [0.717, 1.165) is 18.1 Å². The molecule has 0 atom stereocenters. The summed E-state index contributed by atoms with van der Waals surface area (Å²) in [6.45, 7) is 0.905. The molecule has 0 aliphatic carbocycles. The van der Waals surface area contributed by atoms with Crippen LogP contribution >= 0.6 is 0 Å². The molecule has 2 rings (SSSR count). The fourth-order valence-electron chi connectivity index (χ4n) is 0.858. The second-order valence-corrected chi connectivity index (χ2v) is 1.87. The van der Waals surface area contributed by atoms with Gasteiger partial charge in [-0.25, -0.2) is 4.98 Å². The normalized spacial score (nSPS) is 13.5. The van der Waals surface area contributed by atoms with Gasteiger partial charge < -0.3 is 5.32 Å². The lowest BCUT2D eigenvalue weighted by Crippen LogP contribution is -1.85. The van der Waals surface area contributed by atoms with Gasteiger partial charge in [0.05, 0.1) is 12.2 Å². The van der Waals surface area contributed by atoms with Gasteiger partial charge in [0, 0.05) is 0 Å². The Kier molecular flexibility index (Phi) is 0.592. The van der Waals surface area contributed by atoms with Crippen molar-refractivity contribution in [2.45, 2.75) is 6.54 Å². The van der Waals surface area contributed by atoms with Crippen molar-refractivity contribution in [1.29, 1.82) is 0 Å². The summed E-state index contributed by atoms with van der Waals surface area (Å²) in [5.41, 5.74) is 1.14. The van der Waals surface area contributed by atoms with Crippen molar-refractivity contribution in [1.82, 2.24) is 4.98 Å². The molecular formula is C6H6N2. The lowest BCUT2D eigenvalue weighted by molar-refractivity contribution is 1.18. The predicted molar refractivity (Wildman–Crippen MR) is 31.6 cm³/mol. The van der Waals surface area contributed by atoms with E-state index in [2.05, 4.69) is 10.3 Å². The average molecular weight is 106 g/mol. The third kappa shape index (κ3) is 0.397. The number of aromatic nitrogens is 1. The van der Waals surface area contributed by atoms with Crippen LogP contribution in [0.2, 0.25) is 0 Å². The monoisotopic (exact) mass is 106 g/mol. The zero-order chi connectivity index (χ0) is 5.40. The molecule has 8 heavy (non-hydrogen) atoms. The highest BCUT2D eigenvalue weighted by molar-refractivity contribution is 5.40. The van der Waals surface area contributed by atoms with Crippen LogP contribution in [0.3, 0.4) is 0 Å². The fourth-order valence-corrected chi connectivity index (χ4v) is 0.858. The number of hydrogen-bond acceptors (Lipinski definition) is 2. The Morgan fingerprint density at radius 2 is 2.50 bits per heavy atom. The lowest BCUT2D eigenvalue weighted by Gasteiger charge is -1.84. The van der Waals surface area contributed by atoms with Crippen LogP contribution in [-0.4, -0.2) is 4.98 Å². The number of nitrogens with one attached hydrogen (secondary N) is 1. The second kappa shape index (κ2) is 1.22. The van der Waals surface area contributed by atoms with E-state index in [0.29, 0.717) is 0 Å². The molecule has 1 aliphatic heterocycles. The minimum Gasteiger partial charge on any atom is -0.364 e. The topological polar surface area (TPSA) is 24.9 Å². The molecule has 2 heterocycles. The van der Waals surface area contributed by atoms with E-state index in [9.17, 15) is 0 Å². The molecule has 2 heteroatoms. The molecule has 2 nitrogen and oxygen atoms in total. The first-order valence-corrected chi connectivity index (χ1v) is 2.65. The molecule has 0 fully saturated rings. The van der Waals surface area contributed by atoms with Crippen molar-refractivity contribution in [2.24, 2.45) is 0 Å². The van der Waals surface area contributed by atoms with E-state index in [-0.39, 0.29) is 0 Å². The van der Waals surface area contributed by atoms with Crippen LogP contribution in [0.5, 0.6) is 0 Å². The molecule has 0 aromatic carbocycles. The largest absolute Gasteiger partial charge is 0.364 e. The standard InChI is InChI=1S/C6H6N2/c1-2-5-4-7-6(3-1)8-5/h1-3H,4H2,(H,7,8). The molecule has 0 saturated heterocycles. The Bertz CT molecular complexity index is 188. The van der Waals surface area contributed by atoms with Crippen LogP contribution in [0, 0.1) is 0 Å². The Balaban J connectivity index is 2.66. The van der Waals surface area contributed by atoms with Crippen molar-refractivity contribution in [3.05, 3.63) is 23.9 Å². The van der Waals surface area contributed by atoms with Crippen molar-refractivity contribution in [3.8, 4) is 0 Å². The minimum atomic E-state index is 0.905. The number of nitrogens with zero attached hydrogens (tertiary/aromatic N) is 1. The zero-order valence-electron chi connectivity index (χ0n) is 4.39. The summed E-state index contributed by atoms with van der Waals surface area (Å²) in [6.07, 6.45) is 0. The first-order valence-electron chi connectivity index (χ1n) is 2.65. The number of pyridine rings is 1. The quantitative estimate of drug-likeness (QED) is 0.533. The first kappa shape index (κ1) is 3.89. The van der Waals surface area contributed by atoms with Gasteiger partial charge in [-0.3, -0.25) is 0 Å². The summed E-state index contributed by atoms with van der Waals surface area (Å²) >= 11 is 0. The number of fused-ring (bicyclic) bond motifs is 2. The van der Waals surface area contributed by atoms with Crippen LogP contribution < -0.4 is 5.32 Å². The predicted octanol–water partition coefficient (Wildman–Crippen LogP) is 1.01. The Morgan fingerprint density at radius 1 is 1.50 bits per heavy atom. The number of hydrogen-bond donors (Lipinski definition) is 1. The second-order valence-electron chi connectivity index (χ2n) is 1.87. The summed E-state index contributed by atoms with van der Waals surface area (Å²) < 4.78 is 0. The molecule has 1 N–H and O–H groups in total. The first-order chi connectivity index (χ1) is 3.95. The van der Waals surface area contributed by atoms with Crippen molar-refractivity contribution in [2.75, 3.05) is 5.32 Å². The van der Waals surface area contributed by atoms with Gasteiger partial charge >= 0.3 is 0 Å². The third-order valence-electron chi connectivity index (χ3n) is 1.26. The average Bonchev–Trinajstić information content (AvgIpc) is 2.12. The van der Waals surface area contributed by atoms with E-state index < -0.39 is 0 Å². The molecule has 0 spiro atoms. The Labute approximate surface area is 47.6 Å². The van der Waals surface area contributed by atoms with Crippen LogP contribution in [0.4, 0.5) is 5.82 Å². The summed E-state index contributed by atoms with van der Waals surface area (Å²) in [6, 6.07) is 6.00. The summed E-state index contributed by atoms with van der Waals surface area (Å²) in [5, 5.41) is 3.11. The highest BCUT2D eigenvalue weighted by atomic mass is 15.1. The van der Waals surface area contributed by atoms with E-state index in [4.69, 9.17) is 0 Å². The van der Waals surface area contributed by atoms with Crippen LogP contribution in [0.25, 0.3) is 0 Å². The van der Waals surface area contributed by atoms with Gasteiger partial charge in [0.15, 0.2) is 0 Å².